The first-order chi connectivity index (χ1) is 43.1. The Hall–Kier alpha value is -11.5. The second-order valence-corrected chi connectivity index (χ2v) is 21.7. The van der Waals surface area contributed by atoms with Gasteiger partial charge < -0.3 is 19.6 Å². The molecule has 13 aromatic rings. The molecule has 0 atom stereocenters. The number of anilines is 11. The predicted octanol–water partition coefficient (Wildman–Crippen LogP) is 23.5. The van der Waals surface area contributed by atoms with E-state index in [1.807, 2.05) is 0 Å². The Morgan fingerprint density at radius 1 is 0.207 bits per heavy atom. The van der Waals surface area contributed by atoms with Crippen molar-refractivity contribution in [2.75, 3.05) is 19.6 Å². The Morgan fingerprint density at radius 3 is 0.885 bits per heavy atom. The fourth-order valence-electron chi connectivity index (χ4n) is 11.9. The van der Waals surface area contributed by atoms with Crippen LogP contribution in [0, 0.1) is 0 Å². The van der Waals surface area contributed by atoms with Crippen molar-refractivity contribution in [2.45, 2.75) is 6.42 Å². The Kier molecular flexibility index (Phi) is 15.3. The molecule has 414 valence electrons. The molecule has 87 heavy (non-hydrogen) atoms. The zero-order valence-electron chi connectivity index (χ0n) is 48.1. The fourth-order valence-corrected chi connectivity index (χ4v) is 11.9. The Balaban J connectivity index is 0.748. The van der Waals surface area contributed by atoms with Crippen LogP contribution in [0.3, 0.4) is 0 Å². The van der Waals surface area contributed by atoms with Gasteiger partial charge >= 0.3 is 0 Å². The summed E-state index contributed by atoms with van der Waals surface area (Å²) >= 11 is 0. The van der Waals surface area contributed by atoms with Crippen LogP contribution in [-0.2, 0) is 0 Å². The molecule has 4 nitrogen and oxygen atoms in total. The van der Waals surface area contributed by atoms with E-state index in [4.69, 9.17) is 0 Å². The van der Waals surface area contributed by atoms with Crippen LogP contribution in [0.5, 0.6) is 0 Å². The maximum absolute atomic E-state index is 2.38. The molecule has 0 unspecified atom stereocenters. The number of hydrogen-bond acceptors (Lipinski definition) is 4. The van der Waals surface area contributed by atoms with Crippen LogP contribution in [0.1, 0.15) is 6.42 Å². The van der Waals surface area contributed by atoms with Gasteiger partial charge in [0.15, 0.2) is 0 Å². The highest BCUT2D eigenvalue weighted by Crippen LogP contribution is 2.43. The standard InChI is InChI=1S/C83H62N4/c1-2-10-25-71(24-9-1)84(72-26-11-4-12-27-72)75-50-36-64(37-51-75)65-40-54-78(55-41-65)86(77-48-34-63(35-49-77)62-20-7-3-8-21-62)79-56-42-67(43-57-79)69-46-60-81(61-47-69)87(83-33-19-23-70-22-17-18-32-82(70)83)80-58-44-68(45-59-80)66-38-52-76(53-39-66)85(73-28-13-5-14-29-73)74-30-15-6-16-31-74/h1-9,11-61H,10H2. The van der Waals surface area contributed by atoms with Crippen LogP contribution in [0.4, 0.5) is 62.6 Å². The molecule has 1 aliphatic rings. The molecule has 0 saturated heterocycles. The van der Waals surface area contributed by atoms with Gasteiger partial charge in [-0.25, -0.2) is 0 Å². The normalized spacial score (nSPS) is 11.8. The van der Waals surface area contributed by atoms with Crippen LogP contribution >= 0.6 is 0 Å². The molecule has 0 bridgehead atoms. The van der Waals surface area contributed by atoms with Crippen molar-refractivity contribution >= 4 is 73.3 Å². The molecule has 0 heterocycles. The van der Waals surface area contributed by atoms with Gasteiger partial charge in [0.1, 0.15) is 0 Å². The number of rotatable bonds is 16. The highest BCUT2D eigenvalue weighted by atomic mass is 15.2. The Bertz CT molecular complexity index is 4460. The van der Waals surface area contributed by atoms with Gasteiger partial charge in [0.25, 0.3) is 0 Å². The first kappa shape index (κ1) is 53.5. The first-order valence-corrected chi connectivity index (χ1v) is 29.8. The van der Waals surface area contributed by atoms with Crippen molar-refractivity contribution < 1.29 is 0 Å². The number of para-hydroxylation sites is 3. The van der Waals surface area contributed by atoms with E-state index in [0.717, 1.165) is 108 Å². The lowest BCUT2D eigenvalue weighted by Crippen LogP contribution is -2.15. The van der Waals surface area contributed by atoms with Crippen LogP contribution in [0.15, 0.2) is 370 Å². The Labute approximate surface area is 510 Å². The van der Waals surface area contributed by atoms with Crippen molar-refractivity contribution in [3.8, 4) is 44.5 Å². The van der Waals surface area contributed by atoms with Gasteiger partial charge in [-0.15, -0.1) is 0 Å². The first-order valence-electron chi connectivity index (χ1n) is 29.8. The smallest absolute Gasteiger partial charge is 0.0540 e. The molecule has 0 radical (unpaired) electrons. The van der Waals surface area contributed by atoms with E-state index in [-0.39, 0.29) is 0 Å². The summed E-state index contributed by atoms with van der Waals surface area (Å²) in [5.74, 6) is 0. The topological polar surface area (TPSA) is 13.0 Å². The van der Waals surface area contributed by atoms with Crippen molar-refractivity contribution in [1.29, 1.82) is 0 Å². The van der Waals surface area contributed by atoms with Gasteiger partial charge in [0, 0.05) is 68.0 Å². The molecule has 4 heteroatoms. The number of allylic oxidation sites excluding steroid dienone is 5. The van der Waals surface area contributed by atoms with Crippen molar-refractivity contribution in [2.24, 2.45) is 0 Å². The van der Waals surface area contributed by atoms with E-state index in [1.54, 1.807) is 0 Å². The van der Waals surface area contributed by atoms with Gasteiger partial charge in [0.2, 0.25) is 0 Å². The van der Waals surface area contributed by atoms with Gasteiger partial charge in [-0.3, -0.25) is 0 Å². The van der Waals surface area contributed by atoms with Gasteiger partial charge in [-0.05, 0) is 190 Å². The van der Waals surface area contributed by atoms with Crippen LogP contribution < -0.4 is 19.6 Å². The third-order valence-electron chi connectivity index (χ3n) is 16.3. The molecule has 0 saturated carbocycles. The Morgan fingerprint density at radius 2 is 0.494 bits per heavy atom. The van der Waals surface area contributed by atoms with Crippen LogP contribution in [-0.4, -0.2) is 0 Å². The molecule has 0 N–H and O–H groups in total. The van der Waals surface area contributed by atoms with E-state index in [1.165, 1.54) is 21.9 Å². The molecular formula is C83H62N4. The third kappa shape index (κ3) is 11.5. The van der Waals surface area contributed by atoms with E-state index in [9.17, 15) is 0 Å². The summed E-state index contributed by atoms with van der Waals surface area (Å²) in [6.07, 6.45) is 11.8. The summed E-state index contributed by atoms with van der Waals surface area (Å²) in [6.45, 7) is 0. The molecule has 1 aliphatic carbocycles. The van der Waals surface area contributed by atoms with Crippen molar-refractivity contribution in [1.82, 2.24) is 0 Å². The minimum absolute atomic E-state index is 0.886. The molecule has 0 amide bonds. The molecule has 14 rings (SSSR count). The zero-order chi connectivity index (χ0) is 58.1. The maximum atomic E-state index is 2.38. The summed E-state index contributed by atoms with van der Waals surface area (Å²) in [6, 6.07) is 120. The van der Waals surface area contributed by atoms with Gasteiger partial charge in [0.05, 0.1) is 5.69 Å². The van der Waals surface area contributed by atoms with E-state index < -0.39 is 0 Å². The lowest BCUT2D eigenvalue weighted by molar-refractivity contribution is 1.18. The lowest BCUT2D eigenvalue weighted by Gasteiger charge is -2.27. The average molecular weight is 1120 g/mol. The molecular weight excluding hydrogens is 1050 g/mol. The maximum Gasteiger partial charge on any atom is 0.0540 e. The second kappa shape index (κ2) is 24.8. The molecule has 0 fully saturated rings. The molecule has 0 aromatic heterocycles. The SMILES string of the molecule is C1=CCC=C(N(c2ccccc2)c2ccc(-c3ccc(N(c4ccc(-c5ccccc5)cc4)c4ccc(-c5ccc(N(c6ccc(-c7ccc(N(c8ccccc8)c8ccccc8)cc7)cc6)c6cccc7ccccc67)cc5)cc4)cc3)cc2)C=C1. The molecule has 0 spiro atoms. The number of benzene rings is 13. The van der Waals surface area contributed by atoms with Crippen LogP contribution in [0.2, 0.25) is 0 Å². The third-order valence-corrected chi connectivity index (χ3v) is 16.3. The zero-order valence-corrected chi connectivity index (χ0v) is 48.1. The van der Waals surface area contributed by atoms with Crippen LogP contribution in [0.25, 0.3) is 55.3 Å². The summed E-state index contributed by atoms with van der Waals surface area (Å²) in [7, 11) is 0. The minimum Gasteiger partial charge on any atom is -0.311 e. The quantitative estimate of drug-likeness (QED) is 0.0956. The number of hydrogen-bond donors (Lipinski definition) is 0. The highest BCUT2D eigenvalue weighted by Gasteiger charge is 2.20. The average Bonchev–Trinajstić information content (AvgIpc) is 3.53. The molecule has 13 aromatic carbocycles. The summed E-state index contributed by atoms with van der Waals surface area (Å²) in [4.78, 5) is 9.36. The van der Waals surface area contributed by atoms with Gasteiger partial charge in [-0.1, -0.05) is 231 Å². The highest BCUT2D eigenvalue weighted by molar-refractivity contribution is 5.99. The summed E-state index contributed by atoms with van der Waals surface area (Å²) in [5, 5.41) is 2.38. The second-order valence-electron chi connectivity index (χ2n) is 21.7. The van der Waals surface area contributed by atoms with Crippen molar-refractivity contribution in [3.63, 3.8) is 0 Å². The summed E-state index contributed by atoms with van der Waals surface area (Å²) < 4.78 is 0. The predicted molar refractivity (Wildman–Crippen MR) is 369 cm³/mol. The monoisotopic (exact) mass is 1110 g/mol. The number of nitrogens with zero attached hydrogens (tertiary/aromatic N) is 4. The minimum atomic E-state index is 0.886. The largest absolute Gasteiger partial charge is 0.311 e. The van der Waals surface area contributed by atoms with E-state index in [2.05, 4.69) is 384 Å². The summed E-state index contributed by atoms with van der Waals surface area (Å²) in [5.41, 5.74) is 22.5. The lowest BCUT2D eigenvalue weighted by atomic mass is 10.0. The number of fused-ring (bicyclic) bond motifs is 1. The molecule has 0 aliphatic heterocycles. The van der Waals surface area contributed by atoms with Crippen molar-refractivity contribution in [3.05, 3.63) is 370 Å². The fraction of sp³-hybridized carbons (Fsp3) is 0.0120. The van der Waals surface area contributed by atoms with E-state index >= 15 is 0 Å². The van der Waals surface area contributed by atoms with Gasteiger partial charge in [-0.2, -0.15) is 0 Å². The van der Waals surface area contributed by atoms with E-state index in [0.29, 0.717) is 0 Å².